The number of nitrogens with zero attached hydrogens (tertiary/aromatic N) is 3. The van der Waals surface area contributed by atoms with Crippen LogP contribution in [0.5, 0.6) is 0 Å². The number of carbonyl (C=O) groups excluding carboxylic acids is 3. The van der Waals surface area contributed by atoms with Crippen molar-refractivity contribution in [3.05, 3.63) is 58.9 Å². The van der Waals surface area contributed by atoms with E-state index in [1.807, 2.05) is 0 Å². The van der Waals surface area contributed by atoms with Crippen LogP contribution in [-0.4, -0.2) is 30.6 Å². The third-order valence-electron chi connectivity index (χ3n) is 4.97. The van der Waals surface area contributed by atoms with Crippen molar-refractivity contribution in [1.82, 2.24) is 0 Å². The molecule has 11 heteroatoms. The van der Waals surface area contributed by atoms with E-state index in [1.165, 1.54) is 26.0 Å². The van der Waals surface area contributed by atoms with Crippen LogP contribution in [0.4, 0.5) is 33.7 Å². The largest absolute Gasteiger partial charge is 0.465 e. The van der Waals surface area contributed by atoms with Gasteiger partial charge in [0, 0.05) is 5.69 Å². The molecule has 7 nitrogen and oxygen atoms in total. The average molecular weight is 449 g/mol. The summed E-state index contributed by atoms with van der Waals surface area (Å²) in [5.74, 6) is -2.82. The van der Waals surface area contributed by atoms with Crippen molar-refractivity contribution >= 4 is 29.3 Å². The molecule has 0 aliphatic carbocycles. The Kier molecular flexibility index (Phi) is 5.43. The first-order valence-corrected chi connectivity index (χ1v) is 9.02. The minimum Gasteiger partial charge on any atom is -0.465 e. The molecule has 0 bridgehead atoms. The molecule has 2 aromatic carbocycles. The van der Waals surface area contributed by atoms with Gasteiger partial charge >= 0.3 is 18.2 Å². The second-order valence-electron chi connectivity index (χ2n) is 7.31. The molecule has 1 heterocycles. The fourth-order valence-electron chi connectivity index (χ4n) is 3.38. The van der Waals surface area contributed by atoms with Crippen molar-refractivity contribution in [1.29, 1.82) is 5.26 Å². The van der Waals surface area contributed by atoms with E-state index in [1.54, 1.807) is 0 Å². The fraction of sp³-hybridized carbons (Fsp3) is 0.238. The Morgan fingerprint density at radius 3 is 2.25 bits per heavy atom. The molecule has 166 valence electrons. The summed E-state index contributed by atoms with van der Waals surface area (Å²) in [4.78, 5) is 39.1. The summed E-state index contributed by atoms with van der Waals surface area (Å²) in [6.45, 7) is 2.68. The number of amides is 3. The van der Waals surface area contributed by atoms with Crippen molar-refractivity contribution in [3.8, 4) is 6.07 Å². The Morgan fingerprint density at radius 2 is 1.72 bits per heavy atom. The second-order valence-corrected chi connectivity index (χ2v) is 7.31. The summed E-state index contributed by atoms with van der Waals surface area (Å²) in [5.41, 5.74) is -4.45. The van der Waals surface area contributed by atoms with E-state index >= 15 is 0 Å². The van der Waals surface area contributed by atoms with Gasteiger partial charge in [0.1, 0.15) is 11.4 Å². The fourth-order valence-corrected chi connectivity index (χ4v) is 3.38. The topological polar surface area (TPSA) is 90.7 Å². The molecule has 0 saturated carbocycles. The minimum atomic E-state index is -4.89. The van der Waals surface area contributed by atoms with Crippen LogP contribution in [-0.2, 0) is 15.7 Å². The number of hydrogen-bond donors (Lipinski definition) is 0. The number of carbonyl (C=O) groups is 3. The lowest BCUT2D eigenvalue weighted by molar-refractivity contribution is -0.137. The van der Waals surface area contributed by atoms with Crippen LogP contribution in [0, 0.1) is 17.1 Å². The van der Waals surface area contributed by atoms with Crippen LogP contribution in [0.2, 0.25) is 0 Å². The van der Waals surface area contributed by atoms with Crippen LogP contribution < -0.4 is 9.80 Å². The standard InChI is InChI=1S/C21H15F4N3O4/c1-20(2)18(30)27(12-5-4-11(10-26)15(8-12)21(23,24)25)19(31)28(20)13-6-7-14(16(22)9-13)17(29)32-3/h4-9H,1-3H3. The summed E-state index contributed by atoms with van der Waals surface area (Å²) in [6, 6.07) is 5.97. The Bertz CT molecular complexity index is 1180. The van der Waals surface area contributed by atoms with Gasteiger partial charge in [-0.3, -0.25) is 9.69 Å². The number of alkyl halides is 3. The number of urea groups is 1. The monoisotopic (exact) mass is 449 g/mol. The maximum absolute atomic E-state index is 14.4. The highest BCUT2D eigenvalue weighted by Crippen LogP contribution is 2.39. The van der Waals surface area contributed by atoms with Gasteiger partial charge in [0.15, 0.2) is 0 Å². The van der Waals surface area contributed by atoms with Gasteiger partial charge in [-0.2, -0.15) is 18.4 Å². The van der Waals surface area contributed by atoms with Gasteiger partial charge in [-0.1, -0.05) is 0 Å². The highest BCUT2D eigenvalue weighted by atomic mass is 19.4. The third-order valence-corrected chi connectivity index (χ3v) is 4.97. The second kappa shape index (κ2) is 7.64. The molecule has 0 atom stereocenters. The highest BCUT2D eigenvalue weighted by Gasteiger charge is 2.53. The number of rotatable bonds is 3. The van der Waals surface area contributed by atoms with Crippen LogP contribution in [0.3, 0.4) is 0 Å². The number of halogens is 4. The van der Waals surface area contributed by atoms with Gasteiger partial charge in [-0.15, -0.1) is 0 Å². The van der Waals surface area contributed by atoms with E-state index in [-0.39, 0.29) is 5.69 Å². The van der Waals surface area contributed by atoms with Crippen molar-refractivity contribution in [3.63, 3.8) is 0 Å². The Morgan fingerprint density at radius 1 is 1.09 bits per heavy atom. The number of esters is 1. The van der Waals surface area contributed by atoms with Crippen LogP contribution >= 0.6 is 0 Å². The maximum atomic E-state index is 14.4. The van der Waals surface area contributed by atoms with Gasteiger partial charge in [-0.05, 0) is 50.2 Å². The number of ether oxygens (including phenoxy) is 1. The number of nitriles is 1. The normalized spacial score (nSPS) is 15.7. The molecule has 1 saturated heterocycles. The van der Waals surface area contributed by atoms with Crippen molar-refractivity contribution in [2.75, 3.05) is 16.9 Å². The zero-order valence-corrected chi connectivity index (χ0v) is 17.0. The van der Waals surface area contributed by atoms with Crippen molar-refractivity contribution in [2.24, 2.45) is 0 Å². The molecule has 0 spiro atoms. The number of methoxy groups -OCH3 is 1. The first kappa shape index (κ1) is 22.7. The summed E-state index contributed by atoms with van der Waals surface area (Å²) >= 11 is 0. The molecule has 2 aromatic rings. The van der Waals surface area contributed by atoms with Crippen molar-refractivity contribution < 1.29 is 36.7 Å². The SMILES string of the molecule is COC(=O)c1ccc(N2C(=O)N(c3ccc(C#N)c(C(F)(F)F)c3)C(=O)C2(C)C)cc1F. The van der Waals surface area contributed by atoms with E-state index in [9.17, 15) is 31.9 Å². The number of imide groups is 1. The molecular formula is C21H15F4N3O4. The highest BCUT2D eigenvalue weighted by molar-refractivity contribution is 6.30. The van der Waals surface area contributed by atoms with E-state index in [2.05, 4.69) is 4.74 Å². The zero-order chi connectivity index (χ0) is 24.0. The average Bonchev–Trinajstić information content (AvgIpc) is 2.90. The van der Waals surface area contributed by atoms with E-state index in [0.29, 0.717) is 11.0 Å². The minimum absolute atomic E-state index is 0.0920. The van der Waals surface area contributed by atoms with E-state index < -0.39 is 57.8 Å². The molecular weight excluding hydrogens is 434 g/mol. The van der Waals surface area contributed by atoms with Crippen LogP contribution in [0.1, 0.15) is 35.3 Å². The molecule has 1 aliphatic heterocycles. The van der Waals surface area contributed by atoms with Gasteiger partial charge in [0.2, 0.25) is 0 Å². The maximum Gasteiger partial charge on any atom is 0.417 e. The number of hydrogen-bond acceptors (Lipinski definition) is 5. The Hall–Kier alpha value is -3.94. The van der Waals surface area contributed by atoms with Crippen molar-refractivity contribution in [2.45, 2.75) is 25.6 Å². The van der Waals surface area contributed by atoms with Gasteiger partial charge < -0.3 is 4.74 Å². The molecule has 0 radical (unpaired) electrons. The lowest BCUT2D eigenvalue weighted by Crippen LogP contribution is -2.44. The summed E-state index contributed by atoms with van der Waals surface area (Å²) in [5, 5.41) is 8.95. The van der Waals surface area contributed by atoms with Gasteiger partial charge in [0.05, 0.1) is 35.6 Å². The molecule has 1 aliphatic rings. The predicted octanol–water partition coefficient (Wildman–Crippen LogP) is 4.25. The van der Waals surface area contributed by atoms with Gasteiger partial charge in [-0.25, -0.2) is 18.9 Å². The van der Waals surface area contributed by atoms with E-state index in [0.717, 1.165) is 36.3 Å². The summed E-state index contributed by atoms with van der Waals surface area (Å²) < 4.78 is 58.9. The summed E-state index contributed by atoms with van der Waals surface area (Å²) in [7, 11) is 1.06. The molecule has 0 aromatic heterocycles. The number of anilines is 2. The zero-order valence-electron chi connectivity index (χ0n) is 17.0. The molecule has 1 fully saturated rings. The van der Waals surface area contributed by atoms with Crippen LogP contribution in [0.15, 0.2) is 36.4 Å². The van der Waals surface area contributed by atoms with E-state index in [4.69, 9.17) is 5.26 Å². The number of benzene rings is 2. The molecule has 32 heavy (non-hydrogen) atoms. The molecule has 0 N–H and O–H groups in total. The lowest BCUT2D eigenvalue weighted by Gasteiger charge is -2.27. The molecule has 3 rings (SSSR count). The smallest absolute Gasteiger partial charge is 0.417 e. The predicted molar refractivity (Wildman–Crippen MR) is 103 cm³/mol. The Balaban J connectivity index is 2.10. The first-order chi connectivity index (χ1) is 14.8. The third kappa shape index (κ3) is 3.53. The summed E-state index contributed by atoms with van der Waals surface area (Å²) in [6.07, 6.45) is -4.89. The lowest BCUT2D eigenvalue weighted by atomic mass is 10.0. The molecule has 3 amide bonds. The van der Waals surface area contributed by atoms with Crippen LogP contribution in [0.25, 0.3) is 0 Å². The first-order valence-electron chi connectivity index (χ1n) is 9.02. The Labute approximate surface area is 179 Å². The van der Waals surface area contributed by atoms with Gasteiger partial charge in [0.25, 0.3) is 5.91 Å². The molecule has 0 unspecified atom stereocenters. The quantitative estimate of drug-likeness (QED) is 0.397.